The molecule has 3 rings (SSSR count). The Bertz CT molecular complexity index is 729. The molecule has 0 spiro atoms. The summed E-state index contributed by atoms with van der Waals surface area (Å²) in [7, 11) is 0. The van der Waals surface area contributed by atoms with Crippen molar-refractivity contribution < 1.29 is 14.7 Å². The summed E-state index contributed by atoms with van der Waals surface area (Å²) in [6.45, 7) is 0.604. The maximum Gasteiger partial charge on any atom is 0.320 e. The molecule has 0 heterocycles. The van der Waals surface area contributed by atoms with Crippen LogP contribution in [-0.4, -0.2) is 36.0 Å². The van der Waals surface area contributed by atoms with E-state index in [1.54, 1.807) is 0 Å². The van der Waals surface area contributed by atoms with Crippen molar-refractivity contribution >= 4 is 12.3 Å². The highest BCUT2D eigenvalue weighted by atomic mass is 16.4. The topological polar surface area (TPSA) is 132 Å². The van der Waals surface area contributed by atoms with Gasteiger partial charge < -0.3 is 22.3 Å². The van der Waals surface area contributed by atoms with E-state index in [0.29, 0.717) is 24.6 Å². The Morgan fingerprint density at radius 2 is 1.55 bits per heavy atom. The number of hydrogen-bond acceptors (Lipinski definition) is 5. The van der Waals surface area contributed by atoms with Crippen LogP contribution in [-0.2, 0) is 4.79 Å². The van der Waals surface area contributed by atoms with Crippen molar-refractivity contribution in [2.45, 2.75) is 63.5 Å². The lowest BCUT2D eigenvalue weighted by atomic mass is 9.97. The SMILES string of the molecule is NC1CCCCC1.NCCCC[C@H](N)C(=O)O.O=Cc1ccc(-c2ccccc2)cc1. The third kappa shape index (κ3) is 12.0. The van der Waals surface area contributed by atoms with Gasteiger partial charge >= 0.3 is 5.97 Å². The van der Waals surface area contributed by atoms with Crippen LogP contribution in [0.5, 0.6) is 0 Å². The highest BCUT2D eigenvalue weighted by molar-refractivity contribution is 5.76. The number of aliphatic carboxylic acids is 1. The number of hydrogen-bond donors (Lipinski definition) is 4. The summed E-state index contributed by atoms with van der Waals surface area (Å²) < 4.78 is 0. The number of carboxylic acids is 1. The van der Waals surface area contributed by atoms with Gasteiger partial charge in [-0.05, 0) is 43.4 Å². The standard InChI is InChI=1S/C13H10O.C6H14N2O2.C6H13N/c14-10-11-6-8-13(9-7-11)12-4-2-1-3-5-12;7-4-2-1-3-5(8)6(9)10;7-6-4-2-1-3-5-6/h1-10H;5H,1-4,7-8H2,(H,9,10);6H,1-5,7H2/t;5-;/m.0./s1. The van der Waals surface area contributed by atoms with Crippen molar-refractivity contribution in [1.29, 1.82) is 0 Å². The maximum atomic E-state index is 10.5. The van der Waals surface area contributed by atoms with E-state index in [1.165, 1.54) is 37.7 Å². The number of nitrogens with two attached hydrogens (primary N) is 3. The zero-order chi connectivity index (χ0) is 22.9. The van der Waals surface area contributed by atoms with Crippen molar-refractivity contribution in [3.8, 4) is 11.1 Å². The summed E-state index contributed by atoms with van der Waals surface area (Å²) in [4.78, 5) is 20.6. The largest absolute Gasteiger partial charge is 0.480 e. The first-order valence-electron chi connectivity index (χ1n) is 11.0. The minimum atomic E-state index is -0.933. The Hall–Kier alpha value is -2.54. The molecular weight excluding hydrogens is 390 g/mol. The second-order valence-electron chi connectivity index (χ2n) is 7.73. The minimum Gasteiger partial charge on any atom is -0.480 e. The number of carbonyl (C=O) groups excluding carboxylic acids is 1. The van der Waals surface area contributed by atoms with E-state index < -0.39 is 12.0 Å². The molecular formula is C25H37N3O3. The minimum absolute atomic E-state index is 0.520. The predicted octanol–water partition coefficient (Wildman–Crippen LogP) is 3.97. The molecule has 7 N–H and O–H groups in total. The molecule has 0 saturated heterocycles. The molecule has 1 saturated carbocycles. The molecule has 31 heavy (non-hydrogen) atoms. The third-order valence-electron chi connectivity index (χ3n) is 5.09. The second kappa shape index (κ2) is 16.2. The zero-order valence-electron chi connectivity index (χ0n) is 18.3. The number of unbranched alkanes of at least 4 members (excludes halogenated alkanes) is 1. The van der Waals surface area contributed by atoms with Crippen LogP contribution >= 0.6 is 0 Å². The van der Waals surface area contributed by atoms with E-state index >= 15 is 0 Å². The summed E-state index contributed by atoms with van der Waals surface area (Å²) in [6.07, 6.45) is 9.68. The van der Waals surface area contributed by atoms with Gasteiger partial charge in [-0.3, -0.25) is 9.59 Å². The molecule has 170 valence electrons. The van der Waals surface area contributed by atoms with Gasteiger partial charge in [-0.1, -0.05) is 80.3 Å². The van der Waals surface area contributed by atoms with E-state index in [4.69, 9.17) is 22.3 Å². The summed E-state index contributed by atoms with van der Waals surface area (Å²) in [5.74, 6) is -0.933. The number of benzene rings is 2. The van der Waals surface area contributed by atoms with Gasteiger partial charge in [0.25, 0.3) is 0 Å². The predicted molar refractivity (Wildman–Crippen MR) is 127 cm³/mol. The van der Waals surface area contributed by atoms with Gasteiger partial charge in [0.2, 0.25) is 0 Å². The molecule has 1 aliphatic rings. The molecule has 0 aliphatic heterocycles. The number of rotatable bonds is 7. The molecule has 0 radical (unpaired) electrons. The highest BCUT2D eigenvalue weighted by Gasteiger charge is 2.09. The first-order chi connectivity index (χ1) is 15.0. The monoisotopic (exact) mass is 427 g/mol. The molecule has 2 aromatic rings. The quantitative estimate of drug-likeness (QED) is 0.390. The molecule has 0 aromatic heterocycles. The Morgan fingerprint density at radius 1 is 0.968 bits per heavy atom. The Morgan fingerprint density at radius 3 is 2.00 bits per heavy atom. The van der Waals surface area contributed by atoms with Gasteiger partial charge in [0, 0.05) is 11.6 Å². The molecule has 2 aromatic carbocycles. The zero-order valence-corrected chi connectivity index (χ0v) is 18.3. The molecule has 0 amide bonds. The molecule has 1 aliphatic carbocycles. The van der Waals surface area contributed by atoms with E-state index in [1.807, 2.05) is 42.5 Å². The van der Waals surface area contributed by atoms with Crippen LogP contribution in [0, 0.1) is 0 Å². The normalized spacial score (nSPS) is 14.3. The number of carbonyl (C=O) groups is 2. The lowest BCUT2D eigenvalue weighted by molar-refractivity contribution is -0.138. The summed E-state index contributed by atoms with van der Waals surface area (Å²) in [6, 6.07) is 17.5. The Labute approximate surface area is 185 Å². The summed E-state index contributed by atoms with van der Waals surface area (Å²) >= 11 is 0. The van der Waals surface area contributed by atoms with E-state index in [9.17, 15) is 9.59 Å². The average Bonchev–Trinajstić information content (AvgIpc) is 2.81. The smallest absolute Gasteiger partial charge is 0.320 e. The third-order valence-corrected chi connectivity index (χ3v) is 5.09. The van der Waals surface area contributed by atoms with Gasteiger partial charge in [0.1, 0.15) is 12.3 Å². The number of carboxylic acid groups (broad SMARTS) is 1. The fourth-order valence-corrected chi connectivity index (χ4v) is 3.15. The van der Waals surface area contributed by atoms with Crippen molar-refractivity contribution in [2.75, 3.05) is 6.54 Å². The van der Waals surface area contributed by atoms with E-state index in [0.717, 1.165) is 24.7 Å². The van der Waals surface area contributed by atoms with E-state index in [-0.39, 0.29) is 0 Å². The van der Waals surface area contributed by atoms with Crippen molar-refractivity contribution in [1.82, 2.24) is 0 Å². The Balaban J connectivity index is 0.000000248. The summed E-state index contributed by atoms with van der Waals surface area (Å²) in [5, 5.41) is 8.33. The van der Waals surface area contributed by atoms with E-state index in [2.05, 4.69) is 12.1 Å². The van der Waals surface area contributed by atoms with Gasteiger partial charge in [0.15, 0.2) is 0 Å². The van der Waals surface area contributed by atoms with Crippen LogP contribution in [0.1, 0.15) is 61.7 Å². The van der Waals surface area contributed by atoms with Crippen LogP contribution < -0.4 is 17.2 Å². The maximum absolute atomic E-state index is 10.5. The number of aldehydes is 1. The first-order valence-corrected chi connectivity index (χ1v) is 11.0. The Kier molecular flexibility index (Phi) is 13.8. The van der Waals surface area contributed by atoms with Crippen LogP contribution in [0.2, 0.25) is 0 Å². The van der Waals surface area contributed by atoms with Crippen LogP contribution in [0.25, 0.3) is 11.1 Å². The highest BCUT2D eigenvalue weighted by Crippen LogP contribution is 2.18. The van der Waals surface area contributed by atoms with Gasteiger partial charge in [-0.15, -0.1) is 0 Å². The first kappa shape index (κ1) is 26.5. The van der Waals surface area contributed by atoms with Gasteiger partial charge in [-0.25, -0.2) is 0 Å². The second-order valence-corrected chi connectivity index (χ2v) is 7.73. The molecule has 1 atom stereocenters. The molecule has 0 bridgehead atoms. The molecule has 6 heteroatoms. The van der Waals surface area contributed by atoms with Crippen molar-refractivity contribution in [2.24, 2.45) is 17.2 Å². The summed E-state index contributed by atoms with van der Waals surface area (Å²) in [5.41, 5.74) is 19.1. The van der Waals surface area contributed by atoms with Crippen molar-refractivity contribution in [3.63, 3.8) is 0 Å². The van der Waals surface area contributed by atoms with Gasteiger partial charge in [0.05, 0.1) is 0 Å². The van der Waals surface area contributed by atoms with Crippen LogP contribution in [0.15, 0.2) is 54.6 Å². The van der Waals surface area contributed by atoms with Crippen LogP contribution in [0.3, 0.4) is 0 Å². The fourth-order valence-electron chi connectivity index (χ4n) is 3.15. The van der Waals surface area contributed by atoms with Gasteiger partial charge in [-0.2, -0.15) is 0 Å². The molecule has 0 unspecified atom stereocenters. The van der Waals surface area contributed by atoms with Crippen molar-refractivity contribution in [3.05, 3.63) is 60.2 Å². The molecule has 1 fully saturated rings. The fraction of sp³-hybridized carbons (Fsp3) is 0.440. The lowest BCUT2D eigenvalue weighted by Gasteiger charge is -2.15. The molecule has 6 nitrogen and oxygen atoms in total. The lowest BCUT2D eigenvalue weighted by Crippen LogP contribution is -2.29. The average molecular weight is 428 g/mol. The van der Waals surface area contributed by atoms with Crippen LogP contribution in [0.4, 0.5) is 0 Å².